The van der Waals surface area contributed by atoms with Crippen molar-refractivity contribution in [3.63, 3.8) is 0 Å². The van der Waals surface area contributed by atoms with Crippen LogP contribution in [0.15, 0.2) is 77.2 Å². The molecule has 0 radical (unpaired) electrons. The highest BCUT2D eigenvalue weighted by atomic mass is 32.2. The van der Waals surface area contributed by atoms with Gasteiger partial charge in [-0.1, -0.05) is 42.5 Å². The fourth-order valence-corrected chi connectivity index (χ4v) is 4.22. The quantitative estimate of drug-likeness (QED) is 0.661. The highest BCUT2D eigenvalue weighted by Gasteiger charge is 2.21. The molecule has 2 aromatic carbocycles. The van der Waals surface area contributed by atoms with E-state index >= 15 is 0 Å². The zero-order chi connectivity index (χ0) is 18.1. The lowest BCUT2D eigenvalue weighted by atomic mass is 10.0. The van der Waals surface area contributed by atoms with Gasteiger partial charge in [-0.05, 0) is 35.4 Å². The molecule has 0 bridgehead atoms. The molecule has 0 aliphatic carbocycles. The fourth-order valence-electron chi connectivity index (χ4n) is 2.97. The number of nitrogens with zero attached hydrogens (tertiary/aromatic N) is 1. The summed E-state index contributed by atoms with van der Waals surface area (Å²) in [4.78, 5) is 17.3. The van der Waals surface area contributed by atoms with Gasteiger partial charge in [-0.15, -0.1) is 0 Å². The first kappa shape index (κ1) is 16.4. The zero-order valence-corrected chi connectivity index (χ0v) is 14.6. The van der Waals surface area contributed by atoms with E-state index in [0.29, 0.717) is 16.7 Å². The molecule has 1 aliphatic rings. The Morgan fingerprint density at radius 3 is 2.58 bits per heavy atom. The van der Waals surface area contributed by atoms with Gasteiger partial charge in [-0.3, -0.25) is 9.78 Å². The van der Waals surface area contributed by atoms with E-state index in [2.05, 4.69) is 4.98 Å². The largest absolute Gasteiger partial charge is 0.294 e. The highest BCUT2D eigenvalue weighted by Crippen LogP contribution is 2.28. The van der Waals surface area contributed by atoms with Gasteiger partial charge in [0, 0.05) is 29.2 Å². The van der Waals surface area contributed by atoms with Gasteiger partial charge in [0.15, 0.2) is 15.6 Å². The molecule has 0 amide bonds. The summed E-state index contributed by atoms with van der Waals surface area (Å²) in [5, 5.41) is 1.19. The number of pyridine rings is 1. The predicted molar refractivity (Wildman–Crippen MR) is 100 cm³/mol. The van der Waals surface area contributed by atoms with E-state index in [4.69, 9.17) is 0 Å². The van der Waals surface area contributed by atoms with Crippen molar-refractivity contribution in [3.8, 4) is 11.3 Å². The number of hydrogen-bond acceptors (Lipinski definition) is 4. The average molecular weight is 361 g/mol. The molecule has 0 fully saturated rings. The Kier molecular flexibility index (Phi) is 4.01. The van der Waals surface area contributed by atoms with Crippen LogP contribution < -0.4 is 0 Å². The van der Waals surface area contributed by atoms with Crippen molar-refractivity contribution in [1.29, 1.82) is 0 Å². The second-order valence-corrected chi connectivity index (χ2v) is 7.92. The summed E-state index contributed by atoms with van der Waals surface area (Å²) >= 11 is 0. The van der Waals surface area contributed by atoms with E-state index in [1.54, 1.807) is 42.6 Å². The standard InChI is InChI=1S/C21H15NO3S/c23-20(12-15-6-7-17-9-11-26(24,25)21(17)13-15)18-8-10-22-19(14-18)16-4-2-1-3-5-16/h1-11,13-14H,12H2. The van der Waals surface area contributed by atoms with Crippen LogP contribution in [0.5, 0.6) is 0 Å². The third-order valence-electron chi connectivity index (χ3n) is 4.33. The molecule has 128 valence electrons. The van der Waals surface area contributed by atoms with Gasteiger partial charge in [0.2, 0.25) is 0 Å². The van der Waals surface area contributed by atoms with Crippen molar-refractivity contribution in [2.24, 2.45) is 0 Å². The summed E-state index contributed by atoms with van der Waals surface area (Å²) in [7, 11) is -3.37. The molecule has 0 atom stereocenters. The first-order chi connectivity index (χ1) is 12.5. The van der Waals surface area contributed by atoms with E-state index < -0.39 is 9.84 Å². The number of carbonyl (C=O) groups excluding carboxylic acids is 1. The monoisotopic (exact) mass is 361 g/mol. The van der Waals surface area contributed by atoms with Gasteiger partial charge in [-0.25, -0.2) is 8.42 Å². The number of rotatable bonds is 4. The second kappa shape index (κ2) is 6.35. The zero-order valence-electron chi connectivity index (χ0n) is 13.8. The van der Waals surface area contributed by atoms with Crippen molar-refractivity contribution < 1.29 is 13.2 Å². The van der Waals surface area contributed by atoms with E-state index in [-0.39, 0.29) is 17.1 Å². The number of sulfone groups is 1. The smallest absolute Gasteiger partial charge is 0.200 e. The highest BCUT2D eigenvalue weighted by molar-refractivity contribution is 7.94. The molecule has 4 rings (SSSR count). The maximum atomic E-state index is 12.7. The third kappa shape index (κ3) is 3.09. The molecule has 4 nitrogen and oxygen atoms in total. The maximum Gasteiger partial charge on any atom is 0.200 e. The molecule has 0 N–H and O–H groups in total. The van der Waals surface area contributed by atoms with Crippen LogP contribution in [0.3, 0.4) is 0 Å². The number of Topliss-reactive ketones (excluding diaryl/α,β-unsaturated/α-hetero) is 1. The predicted octanol–water partition coefficient (Wildman–Crippen LogP) is 3.93. The maximum absolute atomic E-state index is 12.7. The summed E-state index contributed by atoms with van der Waals surface area (Å²) in [5.41, 5.74) is 3.57. The first-order valence-electron chi connectivity index (χ1n) is 8.14. The number of benzene rings is 2. The van der Waals surface area contributed by atoms with Crippen LogP contribution in [-0.2, 0) is 16.3 Å². The number of carbonyl (C=O) groups is 1. The van der Waals surface area contributed by atoms with Crippen molar-refractivity contribution in [3.05, 3.63) is 89.0 Å². The van der Waals surface area contributed by atoms with Crippen LogP contribution in [0, 0.1) is 0 Å². The summed E-state index contributed by atoms with van der Waals surface area (Å²) in [5.74, 6) is -0.0760. The lowest BCUT2D eigenvalue weighted by molar-refractivity contribution is 0.0993. The number of fused-ring (bicyclic) bond motifs is 1. The molecule has 5 heteroatoms. The molecule has 0 unspecified atom stereocenters. The van der Waals surface area contributed by atoms with Gasteiger partial charge in [0.05, 0.1) is 10.6 Å². The number of aromatic nitrogens is 1. The Labute approximate surface area is 151 Å². The number of hydrogen-bond donors (Lipinski definition) is 0. The Bertz CT molecular complexity index is 1130. The van der Waals surface area contributed by atoms with Gasteiger partial charge < -0.3 is 0 Å². The lowest BCUT2D eigenvalue weighted by Crippen LogP contribution is -2.05. The van der Waals surface area contributed by atoms with Gasteiger partial charge >= 0.3 is 0 Å². The van der Waals surface area contributed by atoms with Gasteiger partial charge in [0.1, 0.15) is 0 Å². The Morgan fingerprint density at radius 1 is 0.962 bits per heavy atom. The van der Waals surface area contributed by atoms with Crippen molar-refractivity contribution >= 4 is 21.7 Å². The molecule has 2 heterocycles. The van der Waals surface area contributed by atoms with Crippen LogP contribution in [0.25, 0.3) is 17.3 Å². The first-order valence-corrected chi connectivity index (χ1v) is 9.68. The molecular weight excluding hydrogens is 346 g/mol. The molecule has 1 aliphatic heterocycles. The average Bonchev–Trinajstić information content (AvgIpc) is 2.97. The molecule has 0 saturated heterocycles. The fraction of sp³-hybridized carbons (Fsp3) is 0.0476. The summed E-state index contributed by atoms with van der Waals surface area (Å²) in [6.07, 6.45) is 3.33. The third-order valence-corrected chi connectivity index (χ3v) is 5.79. The summed E-state index contributed by atoms with van der Waals surface area (Å²) in [6, 6.07) is 18.2. The lowest BCUT2D eigenvalue weighted by Gasteiger charge is -2.06. The normalized spacial score (nSPS) is 14.2. The van der Waals surface area contributed by atoms with Crippen LogP contribution >= 0.6 is 0 Å². The topological polar surface area (TPSA) is 64.1 Å². The van der Waals surface area contributed by atoms with Crippen LogP contribution in [0.2, 0.25) is 0 Å². The minimum atomic E-state index is -3.37. The molecule has 26 heavy (non-hydrogen) atoms. The van der Waals surface area contributed by atoms with E-state index in [0.717, 1.165) is 11.3 Å². The van der Waals surface area contributed by atoms with Gasteiger partial charge in [0.25, 0.3) is 0 Å². The minimum absolute atomic E-state index is 0.0760. The Balaban J connectivity index is 1.60. The van der Waals surface area contributed by atoms with Crippen LogP contribution in [-0.4, -0.2) is 19.2 Å². The van der Waals surface area contributed by atoms with Crippen LogP contribution in [0.1, 0.15) is 21.5 Å². The molecular formula is C21H15NO3S. The van der Waals surface area contributed by atoms with Gasteiger partial charge in [-0.2, -0.15) is 0 Å². The Morgan fingerprint density at radius 2 is 1.77 bits per heavy atom. The molecule has 1 aromatic heterocycles. The minimum Gasteiger partial charge on any atom is -0.294 e. The number of ketones is 1. The van der Waals surface area contributed by atoms with Crippen molar-refractivity contribution in [2.45, 2.75) is 11.3 Å². The van der Waals surface area contributed by atoms with Crippen molar-refractivity contribution in [1.82, 2.24) is 4.98 Å². The van der Waals surface area contributed by atoms with Crippen molar-refractivity contribution in [2.75, 3.05) is 0 Å². The van der Waals surface area contributed by atoms with E-state index in [1.165, 1.54) is 5.41 Å². The molecule has 0 spiro atoms. The van der Waals surface area contributed by atoms with E-state index in [1.807, 2.05) is 30.3 Å². The molecule has 0 saturated carbocycles. The molecule has 3 aromatic rings. The second-order valence-electron chi connectivity index (χ2n) is 6.12. The van der Waals surface area contributed by atoms with E-state index in [9.17, 15) is 13.2 Å². The SMILES string of the molecule is O=C(Cc1ccc2c(c1)S(=O)(=O)C=C2)c1ccnc(-c2ccccc2)c1. The van der Waals surface area contributed by atoms with Crippen LogP contribution in [0.4, 0.5) is 0 Å². The summed E-state index contributed by atoms with van der Waals surface area (Å²) < 4.78 is 24.0. The Hall–Kier alpha value is -3.05. The summed E-state index contributed by atoms with van der Waals surface area (Å²) in [6.45, 7) is 0.